The first-order valence-electron chi connectivity index (χ1n) is 5.25. The molecule has 0 spiro atoms. The summed E-state index contributed by atoms with van der Waals surface area (Å²) in [5, 5.41) is 3.79. The zero-order chi connectivity index (χ0) is 12.1. The van der Waals surface area contributed by atoms with Gasteiger partial charge < -0.3 is 5.32 Å². The standard InChI is InChI=1S/C12H17F2NS/c1-8(16-3)7-15-9(2)10-4-5-11(13)12(14)6-10/h4-6,8-9,15H,7H2,1-3H3. The SMILES string of the molecule is CSC(C)CNC(C)c1ccc(F)c(F)c1. The van der Waals surface area contributed by atoms with E-state index in [1.807, 2.05) is 6.92 Å². The van der Waals surface area contributed by atoms with Gasteiger partial charge in [-0.05, 0) is 30.9 Å². The molecule has 2 unspecified atom stereocenters. The normalized spacial score (nSPS) is 14.8. The summed E-state index contributed by atoms with van der Waals surface area (Å²) in [5.41, 5.74) is 0.771. The van der Waals surface area contributed by atoms with Gasteiger partial charge in [-0.15, -0.1) is 0 Å². The van der Waals surface area contributed by atoms with E-state index < -0.39 is 11.6 Å². The van der Waals surface area contributed by atoms with Crippen molar-refractivity contribution in [2.75, 3.05) is 12.8 Å². The quantitative estimate of drug-likeness (QED) is 0.853. The van der Waals surface area contributed by atoms with Gasteiger partial charge in [0.05, 0.1) is 0 Å². The lowest BCUT2D eigenvalue weighted by Gasteiger charge is -2.17. The average molecular weight is 245 g/mol. The number of benzene rings is 1. The number of hydrogen-bond acceptors (Lipinski definition) is 2. The minimum atomic E-state index is -0.798. The third kappa shape index (κ3) is 3.76. The Balaban J connectivity index is 2.59. The van der Waals surface area contributed by atoms with Crippen LogP contribution in [0, 0.1) is 11.6 Å². The van der Waals surface area contributed by atoms with Crippen molar-refractivity contribution >= 4 is 11.8 Å². The second kappa shape index (κ2) is 6.21. The lowest BCUT2D eigenvalue weighted by molar-refractivity contribution is 0.501. The summed E-state index contributed by atoms with van der Waals surface area (Å²) in [7, 11) is 0. The number of nitrogens with one attached hydrogen (secondary N) is 1. The van der Waals surface area contributed by atoms with Gasteiger partial charge in [-0.1, -0.05) is 13.0 Å². The molecule has 0 aliphatic rings. The first-order valence-corrected chi connectivity index (χ1v) is 6.54. The predicted molar refractivity (Wildman–Crippen MR) is 65.8 cm³/mol. The maximum absolute atomic E-state index is 13.0. The summed E-state index contributed by atoms with van der Waals surface area (Å²) in [6, 6.07) is 4.06. The first kappa shape index (κ1) is 13.5. The third-order valence-electron chi connectivity index (χ3n) is 2.56. The molecule has 90 valence electrons. The van der Waals surface area contributed by atoms with Crippen LogP contribution in [-0.4, -0.2) is 18.1 Å². The highest BCUT2D eigenvalue weighted by Gasteiger charge is 2.09. The molecule has 16 heavy (non-hydrogen) atoms. The van der Waals surface area contributed by atoms with Gasteiger partial charge in [0.2, 0.25) is 0 Å². The molecule has 0 heterocycles. The van der Waals surface area contributed by atoms with Crippen molar-refractivity contribution in [2.45, 2.75) is 25.1 Å². The average Bonchev–Trinajstić information content (AvgIpc) is 2.29. The highest BCUT2D eigenvalue weighted by atomic mass is 32.2. The van der Waals surface area contributed by atoms with Crippen LogP contribution in [0.1, 0.15) is 25.5 Å². The van der Waals surface area contributed by atoms with Gasteiger partial charge in [-0.2, -0.15) is 11.8 Å². The van der Waals surface area contributed by atoms with Crippen molar-refractivity contribution in [3.63, 3.8) is 0 Å². The highest BCUT2D eigenvalue weighted by molar-refractivity contribution is 7.99. The Bertz CT molecular complexity index is 344. The predicted octanol–water partition coefficient (Wildman–Crippen LogP) is 3.37. The molecule has 1 aromatic rings. The fourth-order valence-corrected chi connectivity index (χ4v) is 1.59. The molecule has 0 amide bonds. The van der Waals surface area contributed by atoms with Crippen LogP contribution in [-0.2, 0) is 0 Å². The van der Waals surface area contributed by atoms with E-state index in [2.05, 4.69) is 18.5 Å². The maximum Gasteiger partial charge on any atom is 0.159 e. The van der Waals surface area contributed by atoms with E-state index in [4.69, 9.17) is 0 Å². The van der Waals surface area contributed by atoms with Crippen molar-refractivity contribution in [1.82, 2.24) is 5.32 Å². The van der Waals surface area contributed by atoms with E-state index in [0.717, 1.165) is 12.1 Å². The molecule has 4 heteroatoms. The van der Waals surface area contributed by atoms with Gasteiger partial charge in [0.1, 0.15) is 0 Å². The summed E-state index contributed by atoms with van der Waals surface area (Å²) in [6.07, 6.45) is 2.05. The highest BCUT2D eigenvalue weighted by Crippen LogP contribution is 2.16. The number of hydrogen-bond donors (Lipinski definition) is 1. The molecular formula is C12H17F2NS. The van der Waals surface area contributed by atoms with Crippen molar-refractivity contribution in [2.24, 2.45) is 0 Å². The second-order valence-corrected chi connectivity index (χ2v) is 5.13. The summed E-state index contributed by atoms with van der Waals surface area (Å²) in [5.74, 6) is -1.59. The second-order valence-electron chi connectivity index (χ2n) is 3.85. The van der Waals surface area contributed by atoms with E-state index in [-0.39, 0.29) is 6.04 Å². The van der Waals surface area contributed by atoms with Crippen LogP contribution in [0.3, 0.4) is 0 Å². The van der Waals surface area contributed by atoms with E-state index in [1.165, 1.54) is 12.1 Å². The van der Waals surface area contributed by atoms with Gasteiger partial charge in [-0.3, -0.25) is 0 Å². The molecule has 0 saturated carbocycles. The van der Waals surface area contributed by atoms with Gasteiger partial charge >= 0.3 is 0 Å². The number of rotatable bonds is 5. The largest absolute Gasteiger partial charge is 0.309 e. The molecular weight excluding hydrogens is 228 g/mol. The Labute approximate surface area is 99.6 Å². The van der Waals surface area contributed by atoms with Crippen LogP contribution < -0.4 is 5.32 Å². The fourth-order valence-electron chi connectivity index (χ4n) is 1.33. The molecule has 1 nitrogen and oxygen atoms in total. The molecule has 0 aliphatic heterocycles. The zero-order valence-electron chi connectivity index (χ0n) is 9.76. The van der Waals surface area contributed by atoms with Crippen molar-refractivity contribution in [3.05, 3.63) is 35.4 Å². The summed E-state index contributed by atoms with van der Waals surface area (Å²) in [6.45, 7) is 4.91. The Morgan fingerprint density at radius 3 is 2.50 bits per heavy atom. The molecule has 1 rings (SSSR count). The molecule has 0 aromatic heterocycles. The summed E-state index contributed by atoms with van der Waals surface area (Å²) >= 11 is 1.77. The molecule has 1 N–H and O–H groups in total. The monoisotopic (exact) mass is 245 g/mol. The molecule has 0 saturated heterocycles. The van der Waals surface area contributed by atoms with E-state index in [9.17, 15) is 8.78 Å². The van der Waals surface area contributed by atoms with Crippen molar-refractivity contribution < 1.29 is 8.78 Å². The molecule has 0 radical (unpaired) electrons. The third-order valence-corrected chi connectivity index (χ3v) is 3.53. The Kier molecular flexibility index (Phi) is 5.22. The van der Waals surface area contributed by atoms with Gasteiger partial charge in [0.25, 0.3) is 0 Å². The van der Waals surface area contributed by atoms with E-state index in [0.29, 0.717) is 5.25 Å². The fraction of sp³-hybridized carbons (Fsp3) is 0.500. The maximum atomic E-state index is 13.0. The summed E-state index contributed by atoms with van der Waals surface area (Å²) < 4.78 is 25.7. The lowest BCUT2D eigenvalue weighted by atomic mass is 10.1. The molecule has 2 atom stereocenters. The molecule has 1 aromatic carbocycles. The zero-order valence-corrected chi connectivity index (χ0v) is 10.6. The van der Waals surface area contributed by atoms with Crippen LogP contribution in [0.25, 0.3) is 0 Å². The van der Waals surface area contributed by atoms with Crippen LogP contribution in [0.2, 0.25) is 0 Å². The van der Waals surface area contributed by atoms with E-state index >= 15 is 0 Å². The Morgan fingerprint density at radius 1 is 1.25 bits per heavy atom. The van der Waals surface area contributed by atoms with Crippen LogP contribution >= 0.6 is 11.8 Å². The lowest BCUT2D eigenvalue weighted by Crippen LogP contribution is -2.25. The smallest absolute Gasteiger partial charge is 0.159 e. The van der Waals surface area contributed by atoms with Crippen molar-refractivity contribution in [3.8, 4) is 0 Å². The van der Waals surface area contributed by atoms with Crippen molar-refractivity contribution in [1.29, 1.82) is 0 Å². The number of halogens is 2. The van der Waals surface area contributed by atoms with Gasteiger partial charge in [0, 0.05) is 17.8 Å². The first-order chi connectivity index (χ1) is 7.54. The van der Waals surface area contributed by atoms with Gasteiger partial charge in [0.15, 0.2) is 11.6 Å². The number of thioether (sulfide) groups is 1. The van der Waals surface area contributed by atoms with Crippen LogP contribution in [0.4, 0.5) is 8.78 Å². The minimum Gasteiger partial charge on any atom is -0.309 e. The summed E-state index contributed by atoms with van der Waals surface area (Å²) in [4.78, 5) is 0. The Morgan fingerprint density at radius 2 is 1.94 bits per heavy atom. The van der Waals surface area contributed by atoms with Crippen LogP contribution in [0.5, 0.6) is 0 Å². The van der Waals surface area contributed by atoms with Crippen LogP contribution in [0.15, 0.2) is 18.2 Å². The van der Waals surface area contributed by atoms with Gasteiger partial charge in [-0.25, -0.2) is 8.78 Å². The molecule has 0 bridgehead atoms. The minimum absolute atomic E-state index is 0.0321. The van der Waals surface area contributed by atoms with E-state index in [1.54, 1.807) is 17.8 Å². The molecule has 0 fully saturated rings. The Hall–Kier alpha value is -0.610. The topological polar surface area (TPSA) is 12.0 Å². The molecule has 0 aliphatic carbocycles.